The smallest absolute Gasteiger partial charge is 0.261 e. The Morgan fingerprint density at radius 3 is 2.55 bits per heavy atom. The molecular formula is C31H37Cl2N5O2. The molecule has 40 heavy (non-hydrogen) atoms. The normalized spacial score (nSPS) is 29.4. The van der Waals surface area contributed by atoms with Gasteiger partial charge in [-0.05, 0) is 78.8 Å². The number of nitrogens with one attached hydrogen (secondary N) is 2. The maximum Gasteiger partial charge on any atom is 0.261 e. The largest absolute Gasteiger partial charge is 0.340 e. The van der Waals surface area contributed by atoms with Crippen LogP contribution in [-0.4, -0.2) is 59.3 Å². The van der Waals surface area contributed by atoms with E-state index in [2.05, 4.69) is 43.2 Å². The molecule has 0 radical (unpaired) electrons. The predicted molar refractivity (Wildman–Crippen MR) is 160 cm³/mol. The number of rotatable bonds is 4. The van der Waals surface area contributed by atoms with Gasteiger partial charge in [-0.1, -0.05) is 50.0 Å². The number of piperazine rings is 1. The van der Waals surface area contributed by atoms with Crippen molar-refractivity contribution in [3.8, 4) is 0 Å². The van der Waals surface area contributed by atoms with Crippen LogP contribution in [0.3, 0.4) is 0 Å². The van der Waals surface area contributed by atoms with Gasteiger partial charge in [0.05, 0.1) is 23.7 Å². The molecule has 2 aromatic carbocycles. The summed E-state index contributed by atoms with van der Waals surface area (Å²) >= 11 is 12.4. The van der Waals surface area contributed by atoms with E-state index in [1.54, 1.807) is 30.3 Å². The Kier molecular flexibility index (Phi) is 7.12. The second-order valence-electron chi connectivity index (χ2n) is 12.6. The molecule has 2 bridgehead atoms. The minimum atomic E-state index is -0.327. The summed E-state index contributed by atoms with van der Waals surface area (Å²) in [4.78, 5) is 35.5. The summed E-state index contributed by atoms with van der Waals surface area (Å²) in [5, 5.41) is 8.01. The van der Waals surface area contributed by atoms with E-state index in [9.17, 15) is 9.59 Å². The first-order valence-corrected chi connectivity index (χ1v) is 15.1. The quantitative estimate of drug-likeness (QED) is 0.266. The van der Waals surface area contributed by atoms with Crippen molar-refractivity contribution in [2.24, 2.45) is 28.2 Å². The molecule has 0 spiro atoms. The van der Waals surface area contributed by atoms with Crippen LogP contribution in [0.15, 0.2) is 41.4 Å². The fraction of sp³-hybridized carbons (Fsp3) is 0.516. The minimum Gasteiger partial charge on any atom is -0.340 e. The molecule has 4 fully saturated rings. The van der Waals surface area contributed by atoms with Crippen molar-refractivity contribution in [2.45, 2.75) is 59.2 Å². The predicted octanol–water partition coefficient (Wildman–Crippen LogP) is 5.92. The van der Waals surface area contributed by atoms with Crippen molar-refractivity contribution in [1.29, 1.82) is 0 Å². The number of fused-ring (bicyclic) bond motifs is 3. The fourth-order valence-corrected chi connectivity index (χ4v) is 7.70. The molecule has 3 aliphatic carbocycles. The van der Waals surface area contributed by atoms with Crippen LogP contribution >= 0.6 is 23.2 Å². The van der Waals surface area contributed by atoms with Gasteiger partial charge in [-0.3, -0.25) is 14.5 Å². The number of hydrogen-bond donors (Lipinski definition) is 2. The highest BCUT2D eigenvalue weighted by atomic mass is 35.5. The summed E-state index contributed by atoms with van der Waals surface area (Å²) in [5.41, 5.74) is 2.62. The summed E-state index contributed by atoms with van der Waals surface area (Å²) < 4.78 is 0. The topological polar surface area (TPSA) is 77.0 Å². The Labute approximate surface area is 246 Å². The third-order valence-corrected chi connectivity index (χ3v) is 10.4. The molecular weight excluding hydrogens is 545 g/mol. The number of hydrogen-bond acceptors (Lipinski definition) is 4. The van der Waals surface area contributed by atoms with Crippen LogP contribution in [-0.2, 0) is 6.54 Å². The van der Waals surface area contributed by atoms with Gasteiger partial charge in [0.2, 0.25) is 0 Å². The van der Waals surface area contributed by atoms with Gasteiger partial charge in [-0.15, -0.1) is 0 Å². The molecule has 5 aliphatic rings. The molecule has 2 aliphatic heterocycles. The molecule has 0 aromatic heterocycles. The van der Waals surface area contributed by atoms with Gasteiger partial charge < -0.3 is 15.5 Å². The van der Waals surface area contributed by atoms with Crippen LogP contribution in [0.1, 0.15) is 66.8 Å². The first-order chi connectivity index (χ1) is 19.0. The van der Waals surface area contributed by atoms with Crippen LogP contribution < -0.4 is 10.6 Å². The zero-order chi connectivity index (χ0) is 28.3. The SMILES string of the molecule is C[C@@H]1[C@@H](/N=C(/Nc2ccc3c(c2)C(=O)N(Cc2ccc(Cl)cc2Cl)C3=O)N2CCN[C@@H](C)C2)C[C@H]2C[C@@H]1C2(C)C. The zero-order valence-electron chi connectivity index (χ0n) is 23.5. The Morgan fingerprint density at radius 2 is 1.85 bits per heavy atom. The second kappa shape index (κ2) is 10.3. The summed E-state index contributed by atoms with van der Waals surface area (Å²) in [6.07, 6.45) is 2.42. The number of halogens is 2. The van der Waals surface area contributed by atoms with E-state index in [0.717, 1.165) is 43.6 Å². The Morgan fingerprint density at radius 1 is 1.07 bits per heavy atom. The Bertz CT molecular complexity index is 1390. The van der Waals surface area contributed by atoms with Crippen LogP contribution in [0.2, 0.25) is 10.0 Å². The lowest BCUT2D eigenvalue weighted by Crippen LogP contribution is -2.57. The van der Waals surface area contributed by atoms with Gasteiger partial charge in [0.1, 0.15) is 0 Å². The maximum absolute atomic E-state index is 13.4. The first kappa shape index (κ1) is 27.6. The number of carbonyl (C=O) groups excluding carboxylic acids is 2. The molecule has 2 aromatic rings. The average molecular weight is 583 g/mol. The molecule has 2 amide bonds. The van der Waals surface area contributed by atoms with Gasteiger partial charge in [0.15, 0.2) is 5.96 Å². The van der Waals surface area contributed by atoms with Crippen LogP contribution in [0.4, 0.5) is 5.69 Å². The zero-order valence-corrected chi connectivity index (χ0v) is 25.0. The number of anilines is 1. The first-order valence-electron chi connectivity index (χ1n) is 14.3. The number of imide groups is 1. The number of nitrogens with zero attached hydrogens (tertiary/aromatic N) is 3. The summed E-state index contributed by atoms with van der Waals surface area (Å²) in [7, 11) is 0. The monoisotopic (exact) mass is 581 g/mol. The molecule has 3 saturated carbocycles. The maximum atomic E-state index is 13.4. The molecule has 5 atom stereocenters. The molecule has 7 nitrogen and oxygen atoms in total. The number of amides is 2. The molecule has 2 N–H and O–H groups in total. The van der Waals surface area contributed by atoms with Crippen molar-refractivity contribution in [3.05, 3.63) is 63.1 Å². The molecule has 9 heteroatoms. The number of benzene rings is 2. The van der Waals surface area contributed by atoms with E-state index in [4.69, 9.17) is 28.2 Å². The standard InChI is InChI=1S/C31H37Cl2N5O2/c1-17-15-37(10-9-34-17)30(36-27-12-20-11-25(18(27)2)31(20,3)4)35-22-7-8-23-24(14-22)29(40)38(28(23)39)16-19-5-6-21(32)13-26(19)33/h5-8,13-14,17-18,20,25,27,34H,9-12,15-16H2,1-4H3,(H,35,36)/t17-,18-,20+,25-,27-/m0/s1. The van der Waals surface area contributed by atoms with Crippen LogP contribution in [0, 0.1) is 23.2 Å². The fourth-order valence-electron chi connectivity index (χ4n) is 7.23. The van der Waals surface area contributed by atoms with Crippen molar-refractivity contribution in [3.63, 3.8) is 0 Å². The van der Waals surface area contributed by atoms with E-state index in [1.807, 2.05) is 6.07 Å². The molecule has 212 valence electrons. The number of carbonyl (C=O) groups is 2. The lowest BCUT2D eigenvalue weighted by Gasteiger charge is -2.61. The average Bonchev–Trinajstić information content (AvgIpc) is 3.14. The van der Waals surface area contributed by atoms with Crippen molar-refractivity contribution < 1.29 is 9.59 Å². The third-order valence-electron chi connectivity index (χ3n) is 9.84. The second-order valence-corrected chi connectivity index (χ2v) is 13.4. The highest BCUT2D eigenvalue weighted by Crippen LogP contribution is 2.61. The number of aliphatic imine (C=N–C) groups is 1. The summed E-state index contributed by atoms with van der Waals surface area (Å²) in [6, 6.07) is 11.1. The van der Waals surface area contributed by atoms with Gasteiger partial charge >= 0.3 is 0 Å². The van der Waals surface area contributed by atoms with E-state index >= 15 is 0 Å². The minimum absolute atomic E-state index is 0.0920. The van der Waals surface area contributed by atoms with Gasteiger partial charge in [0, 0.05) is 41.4 Å². The summed E-state index contributed by atoms with van der Waals surface area (Å²) in [6.45, 7) is 12.0. The van der Waals surface area contributed by atoms with Crippen LogP contribution in [0.25, 0.3) is 0 Å². The summed E-state index contributed by atoms with van der Waals surface area (Å²) in [5.74, 6) is 2.14. The van der Waals surface area contributed by atoms with Gasteiger partial charge in [-0.2, -0.15) is 0 Å². The van der Waals surface area contributed by atoms with Gasteiger partial charge in [0.25, 0.3) is 11.8 Å². The van der Waals surface area contributed by atoms with E-state index in [-0.39, 0.29) is 24.4 Å². The van der Waals surface area contributed by atoms with Crippen molar-refractivity contribution >= 4 is 46.7 Å². The Balaban J connectivity index is 1.25. The van der Waals surface area contributed by atoms with Crippen molar-refractivity contribution in [2.75, 3.05) is 25.0 Å². The number of guanidine groups is 1. The Hall–Kier alpha value is -2.61. The van der Waals surface area contributed by atoms with Gasteiger partial charge in [-0.25, -0.2) is 4.99 Å². The molecule has 0 unspecified atom stereocenters. The molecule has 1 saturated heterocycles. The lowest BCUT2D eigenvalue weighted by molar-refractivity contribution is -0.108. The molecule has 2 heterocycles. The highest BCUT2D eigenvalue weighted by molar-refractivity contribution is 6.35. The third kappa shape index (κ3) is 4.80. The van der Waals surface area contributed by atoms with E-state index in [1.165, 1.54) is 11.3 Å². The van der Waals surface area contributed by atoms with Crippen molar-refractivity contribution in [1.82, 2.24) is 15.1 Å². The lowest BCUT2D eigenvalue weighted by atomic mass is 9.45. The van der Waals surface area contributed by atoms with E-state index < -0.39 is 0 Å². The molecule has 7 rings (SSSR count). The van der Waals surface area contributed by atoms with Crippen LogP contribution in [0.5, 0.6) is 0 Å². The highest BCUT2D eigenvalue weighted by Gasteiger charge is 2.56. The van der Waals surface area contributed by atoms with E-state index in [0.29, 0.717) is 50.0 Å².